The smallest absolute Gasteiger partial charge is 0.0493 e. The maximum absolute atomic E-state index is 5.38. The van der Waals surface area contributed by atoms with Crippen LogP contribution < -0.4 is 5.32 Å². The summed E-state index contributed by atoms with van der Waals surface area (Å²) < 4.78 is 5.38. The Balaban J connectivity index is 2.51. The summed E-state index contributed by atoms with van der Waals surface area (Å²) in [5.74, 6) is 1.42. The van der Waals surface area contributed by atoms with Gasteiger partial charge in [-0.25, -0.2) is 0 Å². The molecule has 1 aliphatic rings. The molecule has 1 unspecified atom stereocenters. The van der Waals surface area contributed by atoms with Gasteiger partial charge in [0.25, 0.3) is 0 Å². The molecule has 1 atom stereocenters. The first-order chi connectivity index (χ1) is 8.10. The molecule has 1 fully saturated rings. The van der Waals surface area contributed by atoms with Gasteiger partial charge >= 0.3 is 0 Å². The Morgan fingerprint density at radius 1 is 1.12 bits per heavy atom. The van der Waals surface area contributed by atoms with Crippen LogP contribution in [0.2, 0.25) is 0 Å². The molecule has 1 N–H and O–H groups in total. The van der Waals surface area contributed by atoms with E-state index < -0.39 is 0 Å². The molecule has 2 nitrogen and oxygen atoms in total. The van der Waals surface area contributed by atoms with Crippen LogP contribution in [-0.2, 0) is 4.74 Å². The van der Waals surface area contributed by atoms with Gasteiger partial charge in [-0.15, -0.1) is 0 Å². The second-order valence-corrected chi connectivity index (χ2v) is 6.30. The lowest BCUT2D eigenvalue weighted by Gasteiger charge is -2.42. The zero-order valence-corrected chi connectivity index (χ0v) is 12.2. The van der Waals surface area contributed by atoms with E-state index in [9.17, 15) is 0 Å². The van der Waals surface area contributed by atoms with Crippen LogP contribution in [0.15, 0.2) is 0 Å². The van der Waals surface area contributed by atoms with Crippen LogP contribution in [0.5, 0.6) is 0 Å². The molecule has 0 radical (unpaired) electrons. The third-order valence-electron chi connectivity index (χ3n) is 4.34. The fourth-order valence-electron chi connectivity index (χ4n) is 3.14. The Bertz CT molecular complexity index is 197. The molecule has 0 spiro atoms. The first-order valence-electron chi connectivity index (χ1n) is 7.30. The SMILES string of the molecule is COCC(C)C1(CNCC(C)C)CCCCC1. The van der Waals surface area contributed by atoms with E-state index in [0.29, 0.717) is 11.3 Å². The molecule has 102 valence electrons. The Hall–Kier alpha value is -0.0800. The highest BCUT2D eigenvalue weighted by Gasteiger charge is 2.36. The van der Waals surface area contributed by atoms with Crippen molar-refractivity contribution in [1.29, 1.82) is 0 Å². The summed E-state index contributed by atoms with van der Waals surface area (Å²) >= 11 is 0. The normalized spacial score (nSPS) is 21.7. The van der Waals surface area contributed by atoms with E-state index in [2.05, 4.69) is 26.1 Å². The van der Waals surface area contributed by atoms with E-state index >= 15 is 0 Å². The van der Waals surface area contributed by atoms with Gasteiger partial charge in [0.15, 0.2) is 0 Å². The van der Waals surface area contributed by atoms with Gasteiger partial charge in [0.05, 0.1) is 0 Å². The van der Waals surface area contributed by atoms with E-state index in [0.717, 1.165) is 19.1 Å². The monoisotopic (exact) mass is 241 g/mol. The predicted molar refractivity (Wildman–Crippen MR) is 74.3 cm³/mol. The van der Waals surface area contributed by atoms with Gasteiger partial charge in [-0.1, -0.05) is 40.0 Å². The maximum Gasteiger partial charge on any atom is 0.0493 e. The van der Waals surface area contributed by atoms with Gasteiger partial charge in [0, 0.05) is 20.3 Å². The third-order valence-corrected chi connectivity index (χ3v) is 4.34. The van der Waals surface area contributed by atoms with Gasteiger partial charge < -0.3 is 10.1 Å². The van der Waals surface area contributed by atoms with Crippen LogP contribution in [0.25, 0.3) is 0 Å². The van der Waals surface area contributed by atoms with Crippen LogP contribution in [0, 0.1) is 17.3 Å². The molecular formula is C15H31NO. The molecule has 0 aromatic rings. The molecule has 1 aliphatic carbocycles. The average Bonchev–Trinajstić information content (AvgIpc) is 2.30. The molecule has 0 aliphatic heterocycles. The number of rotatable bonds is 7. The first kappa shape index (κ1) is 15.0. The lowest BCUT2D eigenvalue weighted by Crippen LogP contribution is -2.43. The van der Waals surface area contributed by atoms with Crippen molar-refractivity contribution >= 4 is 0 Å². The Morgan fingerprint density at radius 3 is 2.29 bits per heavy atom. The van der Waals surface area contributed by atoms with Crippen molar-refractivity contribution in [1.82, 2.24) is 5.32 Å². The minimum atomic E-state index is 0.489. The zero-order valence-electron chi connectivity index (χ0n) is 12.2. The lowest BCUT2D eigenvalue weighted by atomic mass is 9.66. The molecule has 17 heavy (non-hydrogen) atoms. The Labute approximate surface area is 108 Å². The molecule has 1 saturated carbocycles. The summed E-state index contributed by atoms with van der Waals surface area (Å²) in [5.41, 5.74) is 0.489. The number of nitrogens with one attached hydrogen (secondary N) is 1. The summed E-state index contributed by atoms with van der Waals surface area (Å²) in [5, 5.41) is 3.68. The van der Waals surface area contributed by atoms with E-state index in [1.165, 1.54) is 38.6 Å². The first-order valence-corrected chi connectivity index (χ1v) is 7.30. The van der Waals surface area contributed by atoms with Crippen molar-refractivity contribution in [3.8, 4) is 0 Å². The van der Waals surface area contributed by atoms with Crippen molar-refractivity contribution in [2.75, 3.05) is 26.8 Å². The molecule has 0 bridgehead atoms. The third kappa shape index (κ3) is 4.59. The summed E-state index contributed by atoms with van der Waals surface area (Å²) in [6.07, 6.45) is 6.98. The molecule has 0 heterocycles. The van der Waals surface area contributed by atoms with Gasteiger partial charge in [0.2, 0.25) is 0 Å². The second kappa shape index (κ2) is 7.38. The van der Waals surface area contributed by atoms with Gasteiger partial charge in [-0.05, 0) is 36.6 Å². The highest BCUT2D eigenvalue weighted by molar-refractivity contribution is 4.89. The van der Waals surface area contributed by atoms with Gasteiger partial charge in [-0.2, -0.15) is 0 Å². The fourth-order valence-corrected chi connectivity index (χ4v) is 3.14. The van der Waals surface area contributed by atoms with Crippen LogP contribution in [-0.4, -0.2) is 26.8 Å². The van der Waals surface area contributed by atoms with Crippen molar-refractivity contribution < 1.29 is 4.74 Å². The summed E-state index contributed by atoms with van der Waals surface area (Å²) in [7, 11) is 1.83. The number of hydrogen-bond donors (Lipinski definition) is 1. The molecule has 0 aromatic heterocycles. The van der Waals surface area contributed by atoms with Crippen molar-refractivity contribution in [3.63, 3.8) is 0 Å². The molecule has 0 amide bonds. The quantitative estimate of drug-likeness (QED) is 0.737. The van der Waals surface area contributed by atoms with E-state index in [4.69, 9.17) is 4.74 Å². The molecule has 0 aromatic carbocycles. The Kier molecular flexibility index (Phi) is 6.50. The van der Waals surface area contributed by atoms with Gasteiger partial charge in [0.1, 0.15) is 0 Å². The average molecular weight is 241 g/mol. The van der Waals surface area contributed by atoms with Crippen molar-refractivity contribution in [2.45, 2.75) is 52.9 Å². The van der Waals surface area contributed by atoms with Crippen molar-refractivity contribution in [3.05, 3.63) is 0 Å². The summed E-state index contributed by atoms with van der Waals surface area (Å²) in [6, 6.07) is 0. The number of ether oxygens (including phenoxy) is 1. The minimum Gasteiger partial charge on any atom is -0.384 e. The maximum atomic E-state index is 5.38. The second-order valence-electron chi connectivity index (χ2n) is 6.30. The number of hydrogen-bond acceptors (Lipinski definition) is 2. The van der Waals surface area contributed by atoms with Crippen molar-refractivity contribution in [2.24, 2.45) is 17.3 Å². The van der Waals surface area contributed by atoms with E-state index in [-0.39, 0.29) is 0 Å². The molecule has 2 heteroatoms. The summed E-state index contributed by atoms with van der Waals surface area (Å²) in [6.45, 7) is 10.1. The minimum absolute atomic E-state index is 0.489. The standard InChI is InChI=1S/C15H31NO/c1-13(2)10-16-12-15(14(3)11-17-4)8-6-5-7-9-15/h13-14,16H,5-12H2,1-4H3. The zero-order chi connectivity index (χ0) is 12.7. The Morgan fingerprint density at radius 2 is 1.76 bits per heavy atom. The molecule has 0 saturated heterocycles. The predicted octanol–water partition coefficient (Wildman–Crippen LogP) is 3.47. The summed E-state index contributed by atoms with van der Waals surface area (Å²) in [4.78, 5) is 0. The topological polar surface area (TPSA) is 21.3 Å². The van der Waals surface area contributed by atoms with Crippen LogP contribution in [0.3, 0.4) is 0 Å². The van der Waals surface area contributed by atoms with E-state index in [1.807, 2.05) is 7.11 Å². The highest BCUT2D eigenvalue weighted by atomic mass is 16.5. The van der Waals surface area contributed by atoms with Crippen LogP contribution in [0.1, 0.15) is 52.9 Å². The van der Waals surface area contributed by atoms with Gasteiger partial charge in [-0.3, -0.25) is 0 Å². The van der Waals surface area contributed by atoms with E-state index in [1.54, 1.807) is 0 Å². The van der Waals surface area contributed by atoms with Crippen LogP contribution >= 0.6 is 0 Å². The molecular weight excluding hydrogens is 210 g/mol. The highest BCUT2D eigenvalue weighted by Crippen LogP contribution is 2.42. The molecule has 1 rings (SSSR count). The van der Waals surface area contributed by atoms with Crippen LogP contribution in [0.4, 0.5) is 0 Å². The largest absolute Gasteiger partial charge is 0.384 e. The number of methoxy groups -OCH3 is 1. The lowest BCUT2D eigenvalue weighted by molar-refractivity contribution is 0.0395. The fraction of sp³-hybridized carbons (Fsp3) is 1.00.